The molecule has 1 aliphatic rings. The van der Waals surface area contributed by atoms with Crippen LogP contribution in [-0.4, -0.2) is 16.5 Å². The van der Waals surface area contributed by atoms with Gasteiger partial charge in [0.2, 0.25) is 0 Å². The molecule has 0 aromatic heterocycles. The Morgan fingerprint density at radius 1 is 1.17 bits per heavy atom. The van der Waals surface area contributed by atoms with Crippen LogP contribution < -0.4 is 0 Å². The Hall–Kier alpha value is -1.22. The number of Topliss-reactive ketones (excluding diaryl/α,β-unsaturated/α-hetero) is 1. The number of benzene rings is 1. The molecule has 18 heavy (non-hydrogen) atoms. The van der Waals surface area contributed by atoms with Crippen LogP contribution in [0.5, 0.6) is 0 Å². The highest BCUT2D eigenvalue weighted by Crippen LogP contribution is 2.29. The Labute approximate surface area is 107 Å². The third kappa shape index (κ3) is 2.96. The predicted molar refractivity (Wildman–Crippen MR) is 67.8 cm³/mol. The zero-order chi connectivity index (χ0) is 13.0. The van der Waals surface area contributed by atoms with E-state index in [-0.39, 0.29) is 18.0 Å². The van der Waals surface area contributed by atoms with E-state index in [9.17, 15) is 14.3 Å². The molecule has 1 aromatic carbocycles. The Balaban J connectivity index is 2.09. The van der Waals surface area contributed by atoms with Gasteiger partial charge in [-0.3, -0.25) is 4.79 Å². The highest BCUT2D eigenvalue weighted by molar-refractivity contribution is 5.89. The second-order valence-electron chi connectivity index (χ2n) is 5.14. The summed E-state index contributed by atoms with van der Waals surface area (Å²) in [5, 5.41) is 10.4. The maximum absolute atomic E-state index is 13.5. The number of ketones is 1. The molecule has 1 fully saturated rings. The molecule has 0 saturated heterocycles. The van der Waals surface area contributed by atoms with Gasteiger partial charge in [0, 0.05) is 6.42 Å². The fourth-order valence-corrected chi connectivity index (χ4v) is 2.57. The average molecular weight is 250 g/mol. The molecule has 1 aliphatic carbocycles. The van der Waals surface area contributed by atoms with Gasteiger partial charge in [-0.05, 0) is 24.5 Å². The minimum absolute atomic E-state index is 0.0107. The first-order chi connectivity index (χ1) is 8.62. The second kappa shape index (κ2) is 5.61. The van der Waals surface area contributed by atoms with Gasteiger partial charge in [-0.15, -0.1) is 0 Å². The van der Waals surface area contributed by atoms with Crippen molar-refractivity contribution in [2.45, 2.75) is 50.5 Å². The minimum Gasteiger partial charge on any atom is -0.382 e. The van der Waals surface area contributed by atoms with E-state index in [2.05, 4.69) is 0 Å². The van der Waals surface area contributed by atoms with Gasteiger partial charge in [-0.25, -0.2) is 4.39 Å². The van der Waals surface area contributed by atoms with Crippen molar-refractivity contribution >= 4 is 5.78 Å². The molecule has 1 aromatic rings. The smallest absolute Gasteiger partial charge is 0.168 e. The highest BCUT2D eigenvalue weighted by Gasteiger charge is 2.35. The number of carbonyl (C=O) groups is 1. The van der Waals surface area contributed by atoms with E-state index >= 15 is 0 Å². The van der Waals surface area contributed by atoms with Crippen LogP contribution in [0.2, 0.25) is 0 Å². The molecule has 0 amide bonds. The van der Waals surface area contributed by atoms with E-state index in [4.69, 9.17) is 0 Å². The molecule has 0 bridgehead atoms. The summed E-state index contributed by atoms with van der Waals surface area (Å²) < 4.78 is 13.5. The molecule has 0 atom stereocenters. The first-order valence-corrected chi connectivity index (χ1v) is 6.61. The average Bonchev–Trinajstić information content (AvgIpc) is 2.58. The molecule has 0 unspecified atom stereocenters. The molecular formula is C15H19FO2. The maximum atomic E-state index is 13.5. The summed E-state index contributed by atoms with van der Waals surface area (Å²) in [6, 6.07) is 6.26. The molecule has 1 N–H and O–H groups in total. The van der Waals surface area contributed by atoms with E-state index in [1.165, 1.54) is 6.07 Å². The van der Waals surface area contributed by atoms with Gasteiger partial charge in [-0.1, -0.05) is 43.9 Å². The van der Waals surface area contributed by atoms with E-state index in [1.807, 2.05) is 0 Å². The van der Waals surface area contributed by atoms with Crippen LogP contribution in [0.1, 0.15) is 44.1 Å². The molecule has 98 valence electrons. The molecule has 3 heteroatoms. The molecule has 2 nitrogen and oxygen atoms in total. The summed E-state index contributed by atoms with van der Waals surface area (Å²) in [5.74, 6) is -0.613. The third-order valence-corrected chi connectivity index (χ3v) is 3.76. The van der Waals surface area contributed by atoms with Crippen LogP contribution in [0.4, 0.5) is 4.39 Å². The van der Waals surface area contributed by atoms with E-state index in [0.29, 0.717) is 18.4 Å². The monoisotopic (exact) mass is 250 g/mol. The summed E-state index contributed by atoms with van der Waals surface area (Å²) in [6.45, 7) is 0. The molecular weight excluding hydrogens is 231 g/mol. The number of halogens is 1. The van der Waals surface area contributed by atoms with E-state index in [1.54, 1.807) is 18.2 Å². The van der Waals surface area contributed by atoms with Gasteiger partial charge in [0.25, 0.3) is 0 Å². The number of aliphatic hydroxyl groups is 1. The summed E-state index contributed by atoms with van der Waals surface area (Å²) in [6.07, 6.45) is 4.90. The summed E-state index contributed by atoms with van der Waals surface area (Å²) in [5.41, 5.74) is -0.862. The number of rotatable bonds is 3. The lowest BCUT2D eigenvalue weighted by Gasteiger charge is -2.25. The van der Waals surface area contributed by atoms with Gasteiger partial charge < -0.3 is 5.11 Å². The minimum atomic E-state index is -1.24. The maximum Gasteiger partial charge on any atom is 0.168 e. The Morgan fingerprint density at radius 2 is 1.78 bits per heavy atom. The largest absolute Gasteiger partial charge is 0.382 e. The lowest BCUT2D eigenvalue weighted by molar-refractivity contribution is -0.138. The topological polar surface area (TPSA) is 37.3 Å². The summed E-state index contributed by atoms with van der Waals surface area (Å²) in [7, 11) is 0. The Morgan fingerprint density at radius 3 is 2.39 bits per heavy atom. The SMILES string of the molecule is O=C(Cc1ccccc1F)C1(O)CCCCCC1. The van der Waals surface area contributed by atoms with Crippen molar-refractivity contribution in [1.29, 1.82) is 0 Å². The Kier molecular flexibility index (Phi) is 4.12. The van der Waals surface area contributed by atoms with Crippen LogP contribution in [0.15, 0.2) is 24.3 Å². The lowest BCUT2D eigenvalue weighted by Crippen LogP contribution is -2.39. The van der Waals surface area contributed by atoms with Crippen molar-refractivity contribution in [3.05, 3.63) is 35.6 Å². The van der Waals surface area contributed by atoms with Crippen LogP contribution in [0.3, 0.4) is 0 Å². The van der Waals surface area contributed by atoms with E-state index < -0.39 is 5.60 Å². The zero-order valence-electron chi connectivity index (χ0n) is 10.5. The zero-order valence-corrected chi connectivity index (χ0v) is 10.5. The van der Waals surface area contributed by atoms with Gasteiger partial charge in [0.15, 0.2) is 5.78 Å². The fraction of sp³-hybridized carbons (Fsp3) is 0.533. The second-order valence-corrected chi connectivity index (χ2v) is 5.14. The normalized spacial score (nSPS) is 19.2. The third-order valence-electron chi connectivity index (χ3n) is 3.76. The van der Waals surface area contributed by atoms with Crippen LogP contribution >= 0.6 is 0 Å². The summed E-state index contributed by atoms with van der Waals surface area (Å²) >= 11 is 0. The van der Waals surface area contributed by atoms with Gasteiger partial charge in [0.1, 0.15) is 11.4 Å². The summed E-state index contributed by atoms with van der Waals surface area (Å²) in [4.78, 5) is 12.2. The molecule has 1 saturated carbocycles. The van der Waals surface area contributed by atoms with Crippen molar-refractivity contribution in [2.75, 3.05) is 0 Å². The van der Waals surface area contributed by atoms with Crippen molar-refractivity contribution in [3.8, 4) is 0 Å². The first-order valence-electron chi connectivity index (χ1n) is 6.61. The van der Waals surface area contributed by atoms with Gasteiger partial charge in [-0.2, -0.15) is 0 Å². The predicted octanol–water partition coefficient (Wildman–Crippen LogP) is 3.02. The quantitative estimate of drug-likeness (QED) is 0.837. The van der Waals surface area contributed by atoms with Gasteiger partial charge >= 0.3 is 0 Å². The number of hydrogen-bond acceptors (Lipinski definition) is 2. The number of carbonyl (C=O) groups excluding carboxylic acids is 1. The highest BCUT2D eigenvalue weighted by atomic mass is 19.1. The first kappa shape index (κ1) is 13.2. The van der Waals surface area contributed by atoms with E-state index in [0.717, 1.165) is 25.7 Å². The van der Waals surface area contributed by atoms with Crippen LogP contribution in [-0.2, 0) is 11.2 Å². The van der Waals surface area contributed by atoms with Crippen LogP contribution in [0, 0.1) is 5.82 Å². The molecule has 0 spiro atoms. The molecule has 0 radical (unpaired) electrons. The fourth-order valence-electron chi connectivity index (χ4n) is 2.57. The Bertz CT molecular complexity index is 420. The van der Waals surface area contributed by atoms with Crippen molar-refractivity contribution in [2.24, 2.45) is 0 Å². The van der Waals surface area contributed by atoms with Crippen molar-refractivity contribution in [3.63, 3.8) is 0 Å². The molecule has 2 rings (SSSR count). The molecule has 0 aliphatic heterocycles. The van der Waals surface area contributed by atoms with Crippen molar-refractivity contribution in [1.82, 2.24) is 0 Å². The molecule has 0 heterocycles. The number of hydrogen-bond donors (Lipinski definition) is 1. The standard InChI is InChI=1S/C15H19FO2/c16-13-8-4-3-7-12(13)11-14(17)15(18)9-5-1-2-6-10-15/h3-4,7-8,18H,1-2,5-6,9-11H2. The van der Waals surface area contributed by atoms with Gasteiger partial charge in [0.05, 0.1) is 0 Å². The van der Waals surface area contributed by atoms with Crippen molar-refractivity contribution < 1.29 is 14.3 Å². The van der Waals surface area contributed by atoms with Crippen LogP contribution in [0.25, 0.3) is 0 Å². The lowest BCUT2D eigenvalue weighted by atomic mass is 9.86.